The van der Waals surface area contributed by atoms with E-state index in [1.807, 2.05) is 24.3 Å². The Balaban J connectivity index is 1.42. The number of nitrogens with one attached hydrogen (secondary N) is 1. The summed E-state index contributed by atoms with van der Waals surface area (Å²) < 4.78 is 5.55. The molecule has 1 N–H and O–H groups in total. The van der Waals surface area contributed by atoms with Crippen LogP contribution in [0.25, 0.3) is 5.57 Å². The van der Waals surface area contributed by atoms with E-state index in [9.17, 15) is 4.79 Å². The number of benzene rings is 2. The van der Waals surface area contributed by atoms with Gasteiger partial charge in [-0.2, -0.15) is 0 Å². The van der Waals surface area contributed by atoms with Gasteiger partial charge in [-0.25, -0.2) is 0 Å². The molecule has 0 bridgehead atoms. The Morgan fingerprint density at radius 1 is 0.938 bits per heavy atom. The summed E-state index contributed by atoms with van der Waals surface area (Å²) in [6, 6.07) is 24.8. The largest absolute Gasteiger partial charge is 0.469 e. The van der Waals surface area contributed by atoms with Crippen LogP contribution in [-0.2, 0) is 17.6 Å². The Kier molecular flexibility index (Phi) is 4.50. The Morgan fingerprint density at radius 3 is 2.47 bits per heavy atom. The zero-order valence-corrected chi connectivity index (χ0v) is 17.9. The molecule has 2 unspecified atom stereocenters. The normalized spacial score (nSPS) is 27.9. The lowest BCUT2D eigenvalue weighted by atomic mass is 9.87. The molecule has 3 heteroatoms. The highest BCUT2D eigenvalue weighted by Crippen LogP contribution is 2.65. The SMILES string of the molecule is O=C1C(Cc2ccco2)=C/C2=C(\Cc3ccccc3)NC/C(c3ccccc3)=C\C3CC123. The van der Waals surface area contributed by atoms with Crippen LogP contribution < -0.4 is 5.32 Å². The van der Waals surface area contributed by atoms with Gasteiger partial charge in [-0.3, -0.25) is 4.79 Å². The van der Waals surface area contributed by atoms with Crippen LogP contribution >= 0.6 is 0 Å². The molecule has 1 aromatic heterocycles. The first-order valence-corrected chi connectivity index (χ1v) is 11.3. The molecule has 3 nitrogen and oxygen atoms in total. The van der Waals surface area contributed by atoms with Crippen LogP contribution in [0.5, 0.6) is 0 Å². The Morgan fingerprint density at radius 2 is 1.72 bits per heavy atom. The van der Waals surface area contributed by atoms with Crippen molar-refractivity contribution >= 4 is 11.4 Å². The van der Waals surface area contributed by atoms with E-state index in [0.29, 0.717) is 6.42 Å². The molecule has 2 aromatic carbocycles. The van der Waals surface area contributed by atoms with Crippen LogP contribution in [-0.4, -0.2) is 12.3 Å². The van der Waals surface area contributed by atoms with E-state index in [4.69, 9.17) is 4.42 Å². The number of hydrogen-bond donors (Lipinski definition) is 1. The maximum Gasteiger partial charge on any atom is 0.170 e. The predicted octanol–water partition coefficient (Wildman–Crippen LogP) is 5.52. The number of carbonyl (C=O) groups excluding carboxylic acids is 1. The first kappa shape index (κ1) is 19.1. The summed E-state index contributed by atoms with van der Waals surface area (Å²) in [5.74, 6) is 1.36. The highest BCUT2D eigenvalue weighted by molar-refractivity contribution is 6.09. The molecule has 1 aliphatic heterocycles. The number of hydrogen-bond acceptors (Lipinski definition) is 3. The molecule has 2 heterocycles. The highest BCUT2D eigenvalue weighted by atomic mass is 16.3. The minimum atomic E-state index is -0.417. The van der Waals surface area contributed by atoms with Gasteiger partial charge >= 0.3 is 0 Å². The highest BCUT2D eigenvalue weighted by Gasteiger charge is 2.64. The summed E-state index contributed by atoms with van der Waals surface area (Å²) in [4.78, 5) is 13.7. The van der Waals surface area contributed by atoms with E-state index in [1.54, 1.807) is 6.26 Å². The maximum atomic E-state index is 13.7. The van der Waals surface area contributed by atoms with Gasteiger partial charge in [-0.15, -0.1) is 0 Å². The third kappa shape index (κ3) is 3.16. The van der Waals surface area contributed by atoms with Crippen molar-refractivity contribution in [1.82, 2.24) is 5.32 Å². The van der Waals surface area contributed by atoms with Crippen LogP contribution in [0.1, 0.15) is 23.3 Å². The molecule has 0 amide bonds. The van der Waals surface area contributed by atoms with Gasteiger partial charge in [0.15, 0.2) is 5.78 Å². The predicted molar refractivity (Wildman–Crippen MR) is 126 cm³/mol. The molecule has 0 saturated heterocycles. The minimum absolute atomic E-state index is 0.249. The van der Waals surface area contributed by atoms with Gasteiger partial charge in [0.2, 0.25) is 0 Å². The summed E-state index contributed by atoms with van der Waals surface area (Å²) in [5.41, 5.74) is 6.54. The van der Waals surface area contributed by atoms with Gasteiger partial charge in [0, 0.05) is 30.7 Å². The van der Waals surface area contributed by atoms with E-state index < -0.39 is 5.41 Å². The standard InChI is InChI=1S/C29H25NO2/c31-28-22(16-25-12-7-13-32-25)17-26-27(14-20-8-3-1-4-9-20)30-19-23(15-24-18-29(24,26)28)21-10-5-2-6-11-21/h1-13,15,17,24,30H,14,16,18-19H2/b23-15+,27-26-. The van der Waals surface area contributed by atoms with Gasteiger partial charge in [-0.05, 0) is 52.8 Å². The molecule has 1 fully saturated rings. The second-order valence-corrected chi connectivity index (χ2v) is 9.00. The van der Waals surface area contributed by atoms with E-state index in [1.165, 1.54) is 28.0 Å². The van der Waals surface area contributed by atoms with Crippen molar-refractivity contribution in [2.75, 3.05) is 6.54 Å². The van der Waals surface area contributed by atoms with Crippen molar-refractivity contribution in [2.45, 2.75) is 19.3 Å². The van der Waals surface area contributed by atoms with E-state index in [2.05, 4.69) is 66.0 Å². The Bertz CT molecular complexity index is 1250. The lowest BCUT2D eigenvalue weighted by molar-refractivity contribution is -0.119. The van der Waals surface area contributed by atoms with E-state index in [-0.39, 0.29) is 11.7 Å². The molecule has 1 saturated carbocycles. The molecule has 1 spiro atoms. The number of furan rings is 1. The second-order valence-electron chi connectivity index (χ2n) is 9.00. The van der Waals surface area contributed by atoms with Gasteiger partial charge in [-0.1, -0.05) is 66.7 Å². The Hall–Kier alpha value is -3.59. The quantitative estimate of drug-likeness (QED) is 0.592. The smallest absolute Gasteiger partial charge is 0.170 e. The molecule has 32 heavy (non-hydrogen) atoms. The number of allylic oxidation sites excluding steroid dienone is 5. The fraction of sp³-hybridized carbons (Fsp3) is 0.207. The van der Waals surface area contributed by atoms with E-state index in [0.717, 1.165) is 30.7 Å². The van der Waals surface area contributed by atoms with Crippen molar-refractivity contribution < 1.29 is 9.21 Å². The van der Waals surface area contributed by atoms with Crippen LogP contribution in [0.15, 0.2) is 112 Å². The van der Waals surface area contributed by atoms with Gasteiger partial charge in [0.1, 0.15) is 5.76 Å². The fourth-order valence-electron chi connectivity index (χ4n) is 5.33. The maximum absolute atomic E-state index is 13.7. The first-order valence-electron chi connectivity index (χ1n) is 11.3. The van der Waals surface area contributed by atoms with Gasteiger partial charge in [0.05, 0.1) is 11.7 Å². The topological polar surface area (TPSA) is 42.2 Å². The summed E-state index contributed by atoms with van der Waals surface area (Å²) in [6.45, 7) is 0.762. The van der Waals surface area contributed by atoms with Gasteiger partial charge in [0.25, 0.3) is 0 Å². The summed E-state index contributed by atoms with van der Waals surface area (Å²) in [5, 5.41) is 3.73. The van der Waals surface area contributed by atoms with Crippen LogP contribution in [0.2, 0.25) is 0 Å². The molecule has 2 atom stereocenters. The molecular weight excluding hydrogens is 394 g/mol. The molecular formula is C29H25NO2. The molecule has 6 rings (SSSR count). The average molecular weight is 420 g/mol. The van der Waals surface area contributed by atoms with Crippen molar-refractivity contribution in [1.29, 1.82) is 0 Å². The molecule has 2 aliphatic carbocycles. The second kappa shape index (κ2) is 7.52. The first-order chi connectivity index (χ1) is 15.7. The number of Topliss-reactive ketones (excluding diaryl/α,β-unsaturated/α-hetero) is 1. The van der Waals surface area contributed by atoms with E-state index >= 15 is 0 Å². The third-order valence-corrected chi connectivity index (χ3v) is 7.04. The monoisotopic (exact) mass is 419 g/mol. The molecule has 3 aromatic rings. The summed E-state index contributed by atoms with van der Waals surface area (Å²) in [7, 11) is 0. The van der Waals surface area contributed by atoms with Crippen molar-refractivity contribution in [3.8, 4) is 0 Å². The number of rotatable bonds is 5. The minimum Gasteiger partial charge on any atom is -0.469 e. The lowest BCUT2D eigenvalue weighted by Crippen LogP contribution is -2.26. The lowest BCUT2D eigenvalue weighted by Gasteiger charge is -2.23. The zero-order chi connectivity index (χ0) is 21.5. The Labute approximate surface area is 188 Å². The molecule has 158 valence electrons. The fourth-order valence-corrected chi connectivity index (χ4v) is 5.33. The number of carbonyl (C=O) groups is 1. The average Bonchev–Trinajstić information content (AvgIpc) is 3.15. The van der Waals surface area contributed by atoms with Crippen LogP contribution in [0.4, 0.5) is 0 Å². The molecule has 0 radical (unpaired) electrons. The zero-order valence-electron chi connectivity index (χ0n) is 17.9. The number of ketones is 1. The van der Waals surface area contributed by atoms with Crippen LogP contribution in [0.3, 0.4) is 0 Å². The van der Waals surface area contributed by atoms with Crippen LogP contribution in [0, 0.1) is 11.3 Å². The third-order valence-electron chi connectivity index (χ3n) is 7.04. The van der Waals surface area contributed by atoms with Crippen molar-refractivity contribution in [2.24, 2.45) is 11.3 Å². The van der Waals surface area contributed by atoms with Gasteiger partial charge < -0.3 is 9.73 Å². The summed E-state index contributed by atoms with van der Waals surface area (Å²) >= 11 is 0. The molecule has 3 aliphatic rings. The van der Waals surface area contributed by atoms with Crippen molar-refractivity contribution in [3.05, 3.63) is 125 Å². The summed E-state index contributed by atoms with van der Waals surface area (Å²) in [6.07, 6.45) is 8.39. The van der Waals surface area contributed by atoms with Crippen molar-refractivity contribution in [3.63, 3.8) is 0 Å².